The standard InChI is InChI=1S/C19H15N3OS/c23-18(20-14-7-2-1-3-8-14)13-22-16-10-5-4-9-15(16)21-19(22)17-11-6-12-24-17/h1-12H,13H2,(H,20,23). The van der Waals surface area contributed by atoms with E-state index >= 15 is 0 Å². The minimum Gasteiger partial charge on any atom is -0.325 e. The smallest absolute Gasteiger partial charge is 0.244 e. The largest absolute Gasteiger partial charge is 0.325 e. The van der Waals surface area contributed by atoms with E-state index in [2.05, 4.69) is 5.32 Å². The number of thiophene rings is 1. The maximum atomic E-state index is 12.5. The van der Waals surface area contributed by atoms with Gasteiger partial charge in [0, 0.05) is 5.69 Å². The summed E-state index contributed by atoms with van der Waals surface area (Å²) in [6, 6.07) is 21.4. The molecule has 0 bridgehead atoms. The highest BCUT2D eigenvalue weighted by atomic mass is 32.1. The zero-order valence-electron chi connectivity index (χ0n) is 12.8. The van der Waals surface area contributed by atoms with Gasteiger partial charge in [0.15, 0.2) is 5.82 Å². The van der Waals surface area contributed by atoms with Crippen molar-refractivity contribution in [2.75, 3.05) is 5.32 Å². The highest BCUT2D eigenvalue weighted by Gasteiger charge is 2.15. The van der Waals surface area contributed by atoms with Gasteiger partial charge in [0.05, 0.1) is 15.9 Å². The molecule has 5 heteroatoms. The zero-order chi connectivity index (χ0) is 16.4. The lowest BCUT2D eigenvalue weighted by molar-refractivity contribution is -0.116. The number of benzene rings is 2. The van der Waals surface area contributed by atoms with Gasteiger partial charge in [-0.05, 0) is 35.7 Å². The van der Waals surface area contributed by atoms with Crippen molar-refractivity contribution in [3.05, 3.63) is 72.1 Å². The molecule has 0 atom stereocenters. The SMILES string of the molecule is O=C(Cn1c(-c2cccs2)nc2ccccc21)Nc1ccccc1. The summed E-state index contributed by atoms with van der Waals surface area (Å²) >= 11 is 1.62. The molecule has 1 N–H and O–H groups in total. The molecule has 4 aromatic rings. The Labute approximate surface area is 143 Å². The topological polar surface area (TPSA) is 46.9 Å². The van der Waals surface area contributed by atoms with Crippen LogP contribution in [-0.2, 0) is 11.3 Å². The molecule has 0 aliphatic heterocycles. The number of imidazole rings is 1. The third-order valence-electron chi connectivity index (χ3n) is 3.76. The van der Waals surface area contributed by atoms with Crippen LogP contribution in [0.15, 0.2) is 72.1 Å². The van der Waals surface area contributed by atoms with Crippen molar-refractivity contribution >= 4 is 34.0 Å². The Morgan fingerprint density at radius 3 is 2.58 bits per heavy atom. The highest BCUT2D eigenvalue weighted by molar-refractivity contribution is 7.13. The Balaban J connectivity index is 1.70. The molecule has 2 heterocycles. The average Bonchev–Trinajstić information content (AvgIpc) is 3.24. The monoisotopic (exact) mass is 333 g/mol. The van der Waals surface area contributed by atoms with E-state index in [4.69, 9.17) is 4.98 Å². The van der Waals surface area contributed by atoms with Gasteiger partial charge in [-0.15, -0.1) is 11.3 Å². The molecule has 0 saturated carbocycles. The molecular weight excluding hydrogens is 318 g/mol. The maximum Gasteiger partial charge on any atom is 0.244 e. The second kappa shape index (κ2) is 6.29. The van der Waals surface area contributed by atoms with E-state index in [0.717, 1.165) is 27.4 Å². The van der Waals surface area contributed by atoms with E-state index in [-0.39, 0.29) is 12.5 Å². The summed E-state index contributed by atoms with van der Waals surface area (Å²) in [4.78, 5) is 18.3. The predicted molar refractivity (Wildman–Crippen MR) is 98.1 cm³/mol. The summed E-state index contributed by atoms with van der Waals surface area (Å²) < 4.78 is 1.97. The first kappa shape index (κ1) is 14.7. The number of para-hydroxylation sites is 3. The summed E-state index contributed by atoms with van der Waals surface area (Å²) in [5, 5.41) is 4.95. The number of rotatable bonds is 4. The van der Waals surface area contributed by atoms with E-state index < -0.39 is 0 Å². The van der Waals surface area contributed by atoms with Crippen LogP contribution in [0.2, 0.25) is 0 Å². The molecule has 2 aromatic carbocycles. The third-order valence-corrected chi connectivity index (χ3v) is 4.62. The molecule has 4 rings (SSSR count). The first-order valence-corrected chi connectivity index (χ1v) is 8.53. The summed E-state index contributed by atoms with van der Waals surface area (Å²) in [7, 11) is 0. The van der Waals surface area contributed by atoms with E-state index in [1.54, 1.807) is 11.3 Å². The summed E-state index contributed by atoms with van der Waals surface area (Å²) in [5.41, 5.74) is 2.65. The van der Waals surface area contributed by atoms with Gasteiger partial charge in [-0.2, -0.15) is 0 Å². The van der Waals surface area contributed by atoms with Crippen molar-refractivity contribution < 1.29 is 4.79 Å². The number of nitrogens with zero attached hydrogens (tertiary/aromatic N) is 2. The Bertz CT molecular complexity index is 974. The van der Waals surface area contributed by atoms with Crippen LogP contribution in [0, 0.1) is 0 Å². The first-order chi connectivity index (χ1) is 11.8. The number of hydrogen-bond donors (Lipinski definition) is 1. The summed E-state index contributed by atoms with van der Waals surface area (Å²) in [6.45, 7) is 0.225. The molecule has 0 unspecified atom stereocenters. The highest BCUT2D eigenvalue weighted by Crippen LogP contribution is 2.28. The number of fused-ring (bicyclic) bond motifs is 1. The van der Waals surface area contributed by atoms with Gasteiger partial charge >= 0.3 is 0 Å². The van der Waals surface area contributed by atoms with Crippen LogP contribution < -0.4 is 5.32 Å². The van der Waals surface area contributed by atoms with Gasteiger partial charge in [0.2, 0.25) is 5.91 Å². The Kier molecular flexibility index (Phi) is 3.84. The number of carbonyl (C=O) groups is 1. The number of hydrogen-bond acceptors (Lipinski definition) is 3. The van der Waals surface area contributed by atoms with E-state index in [9.17, 15) is 4.79 Å². The molecule has 24 heavy (non-hydrogen) atoms. The van der Waals surface area contributed by atoms with Gasteiger partial charge in [0.25, 0.3) is 0 Å². The normalized spacial score (nSPS) is 10.8. The fourth-order valence-corrected chi connectivity index (χ4v) is 3.42. The predicted octanol–water partition coefficient (Wildman–Crippen LogP) is 4.40. The van der Waals surface area contributed by atoms with E-state index in [1.807, 2.05) is 76.7 Å². The maximum absolute atomic E-state index is 12.5. The molecule has 0 fully saturated rings. The number of amides is 1. The van der Waals surface area contributed by atoms with Crippen molar-refractivity contribution in [3.63, 3.8) is 0 Å². The first-order valence-electron chi connectivity index (χ1n) is 7.65. The molecule has 118 valence electrons. The molecule has 0 radical (unpaired) electrons. The van der Waals surface area contributed by atoms with Gasteiger partial charge in [-0.3, -0.25) is 4.79 Å². The van der Waals surface area contributed by atoms with Crippen molar-refractivity contribution in [1.29, 1.82) is 0 Å². The molecule has 1 amide bonds. The fraction of sp³-hybridized carbons (Fsp3) is 0.0526. The number of carbonyl (C=O) groups excluding carboxylic acids is 1. The van der Waals surface area contributed by atoms with Crippen LogP contribution in [0.3, 0.4) is 0 Å². The Morgan fingerprint density at radius 2 is 1.79 bits per heavy atom. The molecule has 0 aliphatic rings. The Hall–Kier alpha value is -2.92. The molecule has 0 aliphatic carbocycles. The van der Waals surface area contributed by atoms with Crippen LogP contribution in [0.4, 0.5) is 5.69 Å². The van der Waals surface area contributed by atoms with E-state index in [0.29, 0.717) is 0 Å². The molecule has 4 nitrogen and oxygen atoms in total. The third kappa shape index (κ3) is 2.81. The van der Waals surface area contributed by atoms with Crippen LogP contribution in [0.1, 0.15) is 0 Å². The molecule has 0 spiro atoms. The lowest BCUT2D eigenvalue weighted by atomic mass is 10.3. The van der Waals surface area contributed by atoms with Gasteiger partial charge in [-0.1, -0.05) is 36.4 Å². The van der Waals surface area contributed by atoms with Crippen molar-refractivity contribution in [3.8, 4) is 10.7 Å². The van der Waals surface area contributed by atoms with Crippen LogP contribution in [0.5, 0.6) is 0 Å². The van der Waals surface area contributed by atoms with Crippen molar-refractivity contribution in [2.45, 2.75) is 6.54 Å². The van der Waals surface area contributed by atoms with Gasteiger partial charge < -0.3 is 9.88 Å². The number of aromatic nitrogens is 2. The quantitative estimate of drug-likeness (QED) is 0.601. The second-order valence-electron chi connectivity index (χ2n) is 5.40. The number of nitrogens with one attached hydrogen (secondary N) is 1. The second-order valence-corrected chi connectivity index (χ2v) is 6.35. The zero-order valence-corrected chi connectivity index (χ0v) is 13.7. The van der Waals surface area contributed by atoms with E-state index in [1.165, 1.54) is 0 Å². The summed E-state index contributed by atoms with van der Waals surface area (Å²) in [6.07, 6.45) is 0. The fourth-order valence-electron chi connectivity index (χ4n) is 2.70. The van der Waals surface area contributed by atoms with Crippen molar-refractivity contribution in [1.82, 2.24) is 9.55 Å². The minimum absolute atomic E-state index is 0.0674. The summed E-state index contributed by atoms with van der Waals surface area (Å²) in [5.74, 6) is 0.761. The lowest BCUT2D eigenvalue weighted by Crippen LogP contribution is -2.19. The molecule has 2 aromatic heterocycles. The van der Waals surface area contributed by atoms with Crippen LogP contribution in [0.25, 0.3) is 21.7 Å². The van der Waals surface area contributed by atoms with Crippen LogP contribution in [-0.4, -0.2) is 15.5 Å². The molecular formula is C19H15N3OS. The minimum atomic E-state index is -0.0674. The number of anilines is 1. The van der Waals surface area contributed by atoms with Crippen molar-refractivity contribution in [2.24, 2.45) is 0 Å². The van der Waals surface area contributed by atoms with Crippen LogP contribution >= 0.6 is 11.3 Å². The molecule has 0 saturated heterocycles. The van der Waals surface area contributed by atoms with Gasteiger partial charge in [0.1, 0.15) is 6.54 Å². The average molecular weight is 333 g/mol. The lowest BCUT2D eigenvalue weighted by Gasteiger charge is -2.09. The Morgan fingerprint density at radius 1 is 1.00 bits per heavy atom. The van der Waals surface area contributed by atoms with Gasteiger partial charge in [-0.25, -0.2) is 4.98 Å².